The van der Waals surface area contributed by atoms with Gasteiger partial charge in [0, 0.05) is 12.0 Å². The summed E-state index contributed by atoms with van der Waals surface area (Å²) in [5.74, 6) is 0.832. The van der Waals surface area contributed by atoms with Gasteiger partial charge in [-0.15, -0.1) is 0 Å². The van der Waals surface area contributed by atoms with Crippen LogP contribution in [0.5, 0.6) is 5.75 Å². The second kappa shape index (κ2) is 3.56. The molecule has 0 saturated carbocycles. The van der Waals surface area contributed by atoms with Gasteiger partial charge in [0.1, 0.15) is 11.3 Å². The standard InChI is InChI=1S/C12H14N2O/c1-14(2)12(9-13)7-8-15-11-6-4-3-5-10(11)12/h3-6H,7-8H2,1-2H3. The maximum absolute atomic E-state index is 9.41. The highest BCUT2D eigenvalue weighted by Crippen LogP contribution is 2.39. The molecule has 2 rings (SSSR count). The first kappa shape index (κ1) is 10.0. The zero-order valence-corrected chi connectivity index (χ0v) is 9.03. The van der Waals surface area contributed by atoms with Crippen molar-refractivity contribution in [3.63, 3.8) is 0 Å². The predicted octanol–water partition coefficient (Wildman–Crippen LogP) is 1.75. The maximum atomic E-state index is 9.41. The summed E-state index contributed by atoms with van der Waals surface area (Å²) in [6.07, 6.45) is 0.716. The predicted molar refractivity (Wildman–Crippen MR) is 57.5 cm³/mol. The zero-order valence-electron chi connectivity index (χ0n) is 9.03. The average molecular weight is 202 g/mol. The van der Waals surface area contributed by atoms with Gasteiger partial charge in [0.05, 0.1) is 12.7 Å². The molecule has 0 amide bonds. The highest BCUT2D eigenvalue weighted by atomic mass is 16.5. The number of rotatable bonds is 1. The number of para-hydroxylation sites is 1. The van der Waals surface area contributed by atoms with Gasteiger partial charge in [-0.1, -0.05) is 18.2 Å². The molecule has 0 bridgehead atoms. The van der Waals surface area contributed by atoms with Crippen LogP contribution in [0.3, 0.4) is 0 Å². The molecule has 0 N–H and O–H groups in total. The molecule has 0 saturated heterocycles. The fourth-order valence-electron chi connectivity index (χ4n) is 2.06. The Labute approximate surface area is 89.9 Å². The molecule has 0 fully saturated rings. The molecule has 1 heterocycles. The van der Waals surface area contributed by atoms with Crippen LogP contribution in [0.2, 0.25) is 0 Å². The van der Waals surface area contributed by atoms with Crippen LogP contribution in [0.15, 0.2) is 24.3 Å². The van der Waals surface area contributed by atoms with Crippen LogP contribution in [0.25, 0.3) is 0 Å². The molecule has 1 aromatic carbocycles. The van der Waals surface area contributed by atoms with Gasteiger partial charge in [-0.05, 0) is 20.2 Å². The second-order valence-electron chi connectivity index (χ2n) is 3.96. The van der Waals surface area contributed by atoms with Crippen molar-refractivity contribution >= 4 is 0 Å². The molecular formula is C12H14N2O. The monoisotopic (exact) mass is 202 g/mol. The first-order chi connectivity index (χ1) is 7.20. The van der Waals surface area contributed by atoms with E-state index in [1.165, 1.54) is 0 Å². The minimum Gasteiger partial charge on any atom is -0.493 e. The normalized spacial score (nSPS) is 24.1. The molecule has 0 aliphatic carbocycles. The molecule has 1 unspecified atom stereocenters. The van der Waals surface area contributed by atoms with Crippen molar-refractivity contribution in [3.05, 3.63) is 29.8 Å². The Hall–Kier alpha value is -1.53. The lowest BCUT2D eigenvalue weighted by Gasteiger charge is -2.38. The maximum Gasteiger partial charge on any atom is 0.141 e. The van der Waals surface area contributed by atoms with Crippen molar-refractivity contribution in [2.45, 2.75) is 12.0 Å². The van der Waals surface area contributed by atoms with E-state index in [0.717, 1.165) is 11.3 Å². The lowest BCUT2D eigenvalue weighted by Crippen LogP contribution is -2.43. The van der Waals surface area contributed by atoms with E-state index in [9.17, 15) is 5.26 Å². The summed E-state index contributed by atoms with van der Waals surface area (Å²) in [4.78, 5) is 1.97. The smallest absolute Gasteiger partial charge is 0.141 e. The number of hydrogen-bond acceptors (Lipinski definition) is 3. The Kier molecular flexibility index (Phi) is 2.37. The van der Waals surface area contributed by atoms with Gasteiger partial charge in [-0.2, -0.15) is 5.26 Å². The number of hydrogen-bond donors (Lipinski definition) is 0. The fraction of sp³-hybridized carbons (Fsp3) is 0.417. The molecule has 1 aliphatic rings. The summed E-state index contributed by atoms with van der Waals surface area (Å²) in [6.45, 7) is 0.600. The van der Waals surface area contributed by atoms with E-state index in [1.807, 2.05) is 43.3 Å². The topological polar surface area (TPSA) is 36.3 Å². The van der Waals surface area contributed by atoms with Crippen molar-refractivity contribution in [3.8, 4) is 11.8 Å². The Morgan fingerprint density at radius 1 is 1.40 bits per heavy atom. The number of nitrogens with zero attached hydrogens (tertiary/aromatic N) is 2. The molecule has 3 nitrogen and oxygen atoms in total. The van der Waals surface area contributed by atoms with Crippen molar-refractivity contribution < 1.29 is 4.74 Å². The molecule has 0 spiro atoms. The Balaban J connectivity index is 2.58. The first-order valence-corrected chi connectivity index (χ1v) is 5.02. The van der Waals surface area contributed by atoms with Gasteiger partial charge >= 0.3 is 0 Å². The van der Waals surface area contributed by atoms with Gasteiger partial charge in [-0.3, -0.25) is 4.90 Å². The van der Waals surface area contributed by atoms with Crippen LogP contribution in [-0.2, 0) is 5.54 Å². The summed E-state index contributed by atoms with van der Waals surface area (Å²) in [7, 11) is 3.87. The fourth-order valence-corrected chi connectivity index (χ4v) is 2.06. The third-order valence-corrected chi connectivity index (χ3v) is 3.00. The molecule has 0 radical (unpaired) electrons. The van der Waals surface area contributed by atoms with E-state index in [2.05, 4.69) is 6.07 Å². The second-order valence-corrected chi connectivity index (χ2v) is 3.96. The lowest BCUT2D eigenvalue weighted by atomic mass is 9.85. The van der Waals surface area contributed by atoms with Crippen LogP contribution in [-0.4, -0.2) is 25.6 Å². The average Bonchev–Trinajstić information content (AvgIpc) is 2.28. The number of fused-ring (bicyclic) bond motifs is 1. The molecule has 1 aromatic rings. The summed E-state index contributed by atoms with van der Waals surface area (Å²) in [6, 6.07) is 10.2. The summed E-state index contributed by atoms with van der Waals surface area (Å²) < 4.78 is 5.55. The van der Waals surface area contributed by atoms with E-state index >= 15 is 0 Å². The van der Waals surface area contributed by atoms with E-state index in [1.54, 1.807) is 0 Å². The van der Waals surface area contributed by atoms with Crippen molar-refractivity contribution in [1.29, 1.82) is 5.26 Å². The third-order valence-electron chi connectivity index (χ3n) is 3.00. The number of nitriles is 1. The molecule has 15 heavy (non-hydrogen) atoms. The van der Waals surface area contributed by atoms with Crippen molar-refractivity contribution in [2.24, 2.45) is 0 Å². The minimum absolute atomic E-state index is 0.533. The van der Waals surface area contributed by atoms with Crippen molar-refractivity contribution in [2.75, 3.05) is 20.7 Å². The third kappa shape index (κ3) is 1.38. The summed E-state index contributed by atoms with van der Waals surface area (Å²) >= 11 is 0. The van der Waals surface area contributed by atoms with Gasteiger partial charge in [0.25, 0.3) is 0 Å². The first-order valence-electron chi connectivity index (χ1n) is 5.02. The SMILES string of the molecule is CN(C)C1(C#N)CCOc2ccccc21. The Bertz CT molecular complexity index is 408. The van der Waals surface area contributed by atoms with E-state index < -0.39 is 5.54 Å². The summed E-state index contributed by atoms with van der Waals surface area (Å²) in [5.41, 5.74) is 0.443. The molecule has 78 valence electrons. The molecule has 0 aromatic heterocycles. The molecule has 3 heteroatoms. The number of benzene rings is 1. The largest absolute Gasteiger partial charge is 0.493 e. The molecule has 1 atom stereocenters. The Morgan fingerprint density at radius 2 is 2.13 bits per heavy atom. The molecule has 1 aliphatic heterocycles. The van der Waals surface area contributed by atoms with Crippen LogP contribution in [0.4, 0.5) is 0 Å². The van der Waals surface area contributed by atoms with Gasteiger partial charge in [0.15, 0.2) is 0 Å². The van der Waals surface area contributed by atoms with Crippen LogP contribution < -0.4 is 4.74 Å². The number of ether oxygens (including phenoxy) is 1. The molecular weight excluding hydrogens is 188 g/mol. The van der Waals surface area contributed by atoms with E-state index in [4.69, 9.17) is 4.74 Å². The highest BCUT2D eigenvalue weighted by Gasteiger charge is 2.39. The van der Waals surface area contributed by atoms with Crippen molar-refractivity contribution in [1.82, 2.24) is 4.90 Å². The minimum atomic E-state index is -0.533. The Morgan fingerprint density at radius 3 is 2.80 bits per heavy atom. The quantitative estimate of drug-likeness (QED) is 0.696. The van der Waals surface area contributed by atoms with Gasteiger partial charge in [-0.25, -0.2) is 0 Å². The van der Waals surface area contributed by atoms with Crippen LogP contribution >= 0.6 is 0 Å². The van der Waals surface area contributed by atoms with E-state index in [-0.39, 0.29) is 0 Å². The highest BCUT2D eigenvalue weighted by molar-refractivity contribution is 5.44. The van der Waals surface area contributed by atoms with Gasteiger partial charge < -0.3 is 4.74 Å². The zero-order chi connectivity index (χ0) is 10.9. The summed E-state index contributed by atoms with van der Waals surface area (Å²) in [5, 5.41) is 9.41. The van der Waals surface area contributed by atoms with Crippen LogP contribution in [0.1, 0.15) is 12.0 Å². The van der Waals surface area contributed by atoms with Gasteiger partial charge in [0.2, 0.25) is 0 Å². The van der Waals surface area contributed by atoms with E-state index in [0.29, 0.717) is 13.0 Å². The van der Waals surface area contributed by atoms with Crippen LogP contribution in [0, 0.1) is 11.3 Å². The lowest BCUT2D eigenvalue weighted by molar-refractivity contribution is 0.135.